The Morgan fingerprint density at radius 3 is 2.62 bits per heavy atom. The molecule has 0 spiro atoms. The third-order valence-corrected chi connectivity index (χ3v) is 2.85. The van der Waals surface area contributed by atoms with Gasteiger partial charge in [0.25, 0.3) is 0 Å². The third kappa shape index (κ3) is 2.97. The lowest BCUT2D eigenvalue weighted by Crippen LogP contribution is -2.44. The van der Waals surface area contributed by atoms with Crippen LogP contribution in [0.5, 0.6) is 0 Å². The summed E-state index contributed by atoms with van der Waals surface area (Å²) < 4.78 is 5.71. The Morgan fingerprint density at radius 2 is 2.00 bits per heavy atom. The molecule has 0 amide bonds. The second-order valence-electron chi connectivity index (χ2n) is 4.70. The summed E-state index contributed by atoms with van der Waals surface area (Å²) in [7, 11) is 0. The number of morpholine rings is 1. The summed E-state index contributed by atoms with van der Waals surface area (Å²) >= 11 is 0. The van der Waals surface area contributed by atoms with E-state index >= 15 is 0 Å². The zero-order valence-corrected chi connectivity index (χ0v) is 10.0. The summed E-state index contributed by atoms with van der Waals surface area (Å²) in [5.41, 5.74) is 7.89. The van der Waals surface area contributed by atoms with Crippen LogP contribution < -0.4 is 5.73 Å². The van der Waals surface area contributed by atoms with Gasteiger partial charge in [-0.05, 0) is 31.5 Å². The Morgan fingerprint density at radius 1 is 1.31 bits per heavy atom. The number of hydrogen-bond acceptors (Lipinski definition) is 3. The first-order valence-electron chi connectivity index (χ1n) is 5.85. The van der Waals surface area contributed by atoms with Gasteiger partial charge >= 0.3 is 0 Å². The van der Waals surface area contributed by atoms with Crippen LogP contribution >= 0.6 is 0 Å². The highest BCUT2D eigenvalue weighted by Gasteiger charge is 2.21. The summed E-state index contributed by atoms with van der Waals surface area (Å²) in [5.74, 6) is 0. The van der Waals surface area contributed by atoms with Gasteiger partial charge in [-0.2, -0.15) is 0 Å². The second-order valence-corrected chi connectivity index (χ2v) is 4.70. The number of benzene rings is 1. The van der Waals surface area contributed by atoms with E-state index in [-0.39, 0.29) is 0 Å². The Kier molecular flexibility index (Phi) is 3.46. The molecule has 2 atom stereocenters. The molecule has 1 fully saturated rings. The van der Waals surface area contributed by atoms with Gasteiger partial charge in [0.15, 0.2) is 0 Å². The van der Waals surface area contributed by atoms with Gasteiger partial charge in [0.05, 0.1) is 12.2 Å². The monoisotopic (exact) mass is 220 g/mol. The molecule has 1 aromatic rings. The lowest BCUT2D eigenvalue weighted by atomic mass is 10.1. The fourth-order valence-electron chi connectivity index (χ4n) is 2.36. The summed E-state index contributed by atoms with van der Waals surface area (Å²) in [6, 6.07) is 8.11. The van der Waals surface area contributed by atoms with Crippen LogP contribution in [0.1, 0.15) is 19.4 Å². The molecule has 0 radical (unpaired) electrons. The highest BCUT2D eigenvalue weighted by atomic mass is 16.5. The Bertz CT molecular complexity index is 344. The number of hydrogen-bond donors (Lipinski definition) is 1. The Balaban J connectivity index is 1.98. The largest absolute Gasteiger partial charge is 0.399 e. The van der Waals surface area contributed by atoms with Crippen molar-refractivity contribution in [1.29, 1.82) is 0 Å². The molecule has 1 aromatic carbocycles. The summed E-state index contributed by atoms with van der Waals surface area (Å²) in [4.78, 5) is 2.42. The fraction of sp³-hybridized carbons (Fsp3) is 0.538. The number of nitrogens with zero attached hydrogens (tertiary/aromatic N) is 1. The summed E-state index contributed by atoms with van der Waals surface area (Å²) in [5, 5.41) is 0. The molecule has 0 saturated carbocycles. The number of anilines is 1. The minimum absolute atomic E-state index is 0.324. The maximum absolute atomic E-state index is 5.78. The summed E-state index contributed by atoms with van der Waals surface area (Å²) in [6.07, 6.45) is 0.648. The van der Waals surface area contributed by atoms with Crippen LogP contribution in [0.2, 0.25) is 0 Å². The maximum Gasteiger partial charge on any atom is 0.0678 e. The van der Waals surface area contributed by atoms with Crippen LogP contribution in [0.4, 0.5) is 5.69 Å². The van der Waals surface area contributed by atoms with E-state index < -0.39 is 0 Å². The molecule has 0 bridgehead atoms. The highest BCUT2D eigenvalue weighted by molar-refractivity contribution is 5.40. The van der Waals surface area contributed by atoms with Crippen LogP contribution in [0.3, 0.4) is 0 Å². The maximum atomic E-state index is 5.78. The van der Waals surface area contributed by atoms with Gasteiger partial charge in [0, 0.05) is 25.3 Å². The second kappa shape index (κ2) is 4.85. The lowest BCUT2D eigenvalue weighted by molar-refractivity contribution is -0.0704. The van der Waals surface area contributed by atoms with Gasteiger partial charge in [-0.15, -0.1) is 0 Å². The first-order valence-corrected chi connectivity index (χ1v) is 5.85. The van der Waals surface area contributed by atoms with Crippen molar-refractivity contribution in [3.63, 3.8) is 0 Å². The zero-order chi connectivity index (χ0) is 11.5. The van der Waals surface area contributed by atoms with Crippen LogP contribution in [0, 0.1) is 0 Å². The van der Waals surface area contributed by atoms with Gasteiger partial charge < -0.3 is 10.5 Å². The third-order valence-electron chi connectivity index (χ3n) is 2.85. The van der Waals surface area contributed by atoms with Crippen molar-refractivity contribution in [2.75, 3.05) is 18.8 Å². The Labute approximate surface area is 97.2 Å². The van der Waals surface area contributed by atoms with Crippen molar-refractivity contribution in [2.24, 2.45) is 0 Å². The molecular weight excluding hydrogens is 200 g/mol. The first kappa shape index (κ1) is 11.4. The van der Waals surface area contributed by atoms with Gasteiger partial charge in [-0.3, -0.25) is 4.90 Å². The average Bonchev–Trinajstić information content (AvgIpc) is 2.15. The average molecular weight is 220 g/mol. The lowest BCUT2D eigenvalue weighted by Gasteiger charge is -2.35. The molecule has 1 aliphatic heterocycles. The van der Waals surface area contributed by atoms with E-state index in [0.29, 0.717) is 12.2 Å². The topological polar surface area (TPSA) is 38.5 Å². The highest BCUT2D eigenvalue weighted by Crippen LogP contribution is 2.15. The molecule has 3 nitrogen and oxygen atoms in total. The van der Waals surface area contributed by atoms with Crippen molar-refractivity contribution in [3.8, 4) is 0 Å². The van der Waals surface area contributed by atoms with E-state index in [4.69, 9.17) is 10.5 Å². The molecule has 16 heavy (non-hydrogen) atoms. The van der Waals surface area contributed by atoms with E-state index in [2.05, 4.69) is 24.8 Å². The van der Waals surface area contributed by atoms with Gasteiger partial charge in [0.1, 0.15) is 0 Å². The standard InChI is InChI=1S/C13H20N2O/c1-10-7-15(8-11(2)16-10)9-12-4-3-5-13(14)6-12/h3-6,10-11H,7-9,14H2,1-2H3/t10-,11+. The van der Waals surface area contributed by atoms with Crippen molar-refractivity contribution < 1.29 is 4.74 Å². The summed E-state index contributed by atoms with van der Waals surface area (Å²) in [6.45, 7) is 7.21. The predicted octanol–water partition coefficient (Wildman–Crippen LogP) is 1.88. The van der Waals surface area contributed by atoms with E-state index in [1.165, 1.54) is 5.56 Å². The molecule has 2 rings (SSSR count). The van der Waals surface area contributed by atoms with Gasteiger partial charge in [-0.25, -0.2) is 0 Å². The minimum atomic E-state index is 0.324. The molecule has 1 saturated heterocycles. The Hall–Kier alpha value is -1.06. The van der Waals surface area contributed by atoms with Crippen molar-refractivity contribution >= 4 is 5.69 Å². The van der Waals surface area contributed by atoms with E-state index in [0.717, 1.165) is 25.3 Å². The molecule has 3 heteroatoms. The van der Waals surface area contributed by atoms with Crippen LogP contribution in [0.15, 0.2) is 24.3 Å². The van der Waals surface area contributed by atoms with E-state index in [9.17, 15) is 0 Å². The molecule has 2 N–H and O–H groups in total. The molecule has 1 heterocycles. The van der Waals surface area contributed by atoms with Crippen LogP contribution in [0.25, 0.3) is 0 Å². The normalized spacial score (nSPS) is 26.9. The number of nitrogens with two attached hydrogens (primary N) is 1. The number of nitrogen functional groups attached to an aromatic ring is 1. The quantitative estimate of drug-likeness (QED) is 0.773. The number of ether oxygens (including phenoxy) is 1. The van der Waals surface area contributed by atoms with E-state index in [1.54, 1.807) is 0 Å². The van der Waals surface area contributed by atoms with Crippen LogP contribution in [-0.4, -0.2) is 30.2 Å². The molecule has 0 aliphatic carbocycles. The predicted molar refractivity (Wildman–Crippen MR) is 66.1 cm³/mol. The molecule has 0 unspecified atom stereocenters. The molecular formula is C13H20N2O. The fourth-order valence-corrected chi connectivity index (χ4v) is 2.36. The van der Waals surface area contributed by atoms with Gasteiger partial charge in [0.2, 0.25) is 0 Å². The minimum Gasteiger partial charge on any atom is -0.399 e. The zero-order valence-electron chi connectivity index (χ0n) is 10.0. The number of rotatable bonds is 2. The molecule has 0 aromatic heterocycles. The van der Waals surface area contributed by atoms with Gasteiger partial charge in [-0.1, -0.05) is 12.1 Å². The van der Waals surface area contributed by atoms with Crippen LogP contribution in [-0.2, 0) is 11.3 Å². The smallest absolute Gasteiger partial charge is 0.0678 e. The first-order chi connectivity index (χ1) is 7.63. The SMILES string of the molecule is C[C@@H]1CN(Cc2cccc(N)c2)C[C@H](C)O1. The van der Waals surface area contributed by atoms with E-state index in [1.807, 2.05) is 18.2 Å². The van der Waals surface area contributed by atoms with Crippen molar-refractivity contribution in [3.05, 3.63) is 29.8 Å². The van der Waals surface area contributed by atoms with Crippen molar-refractivity contribution in [1.82, 2.24) is 4.90 Å². The molecule has 1 aliphatic rings. The molecule has 88 valence electrons. The van der Waals surface area contributed by atoms with Crippen molar-refractivity contribution in [2.45, 2.75) is 32.6 Å².